The van der Waals surface area contributed by atoms with Crippen LogP contribution in [0.25, 0.3) is 0 Å². The summed E-state index contributed by atoms with van der Waals surface area (Å²) in [5.74, 6) is -11.7. The maximum Gasteiger partial charge on any atom is 0.456 e. The molecule has 0 aromatic heterocycles. The van der Waals surface area contributed by atoms with Crippen LogP contribution < -0.4 is 0 Å². The first kappa shape index (κ1) is 18.3. The molecule has 0 aromatic carbocycles. The lowest BCUT2D eigenvalue weighted by Gasteiger charge is -2.44. The monoisotopic (exact) mass is 308 g/mol. The Hall–Kier alpha value is -0.700. The second-order valence-electron chi connectivity index (χ2n) is 4.07. The minimum absolute atomic E-state index is 0.325. The quantitative estimate of drug-likeness (QED) is 0.649. The van der Waals surface area contributed by atoms with Gasteiger partial charge in [-0.3, -0.25) is 0 Å². The van der Waals surface area contributed by atoms with E-state index in [1.165, 1.54) is 0 Å². The summed E-state index contributed by atoms with van der Waals surface area (Å²) in [5.41, 5.74) is -10.4. The summed E-state index contributed by atoms with van der Waals surface area (Å²) in [6.07, 6.45) is -8.53. The molecule has 0 N–H and O–H groups in total. The highest BCUT2D eigenvalue weighted by Gasteiger charge is 2.81. The molecule has 10 heteroatoms. The molecule has 0 aliphatic heterocycles. The van der Waals surface area contributed by atoms with Gasteiger partial charge in [-0.25, -0.2) is 22.0 Å². The van der Waals surface area contributed by atoms with Gasteiger partial charge in [0.25, 0.3) is 0 Å². The van der Waals surface area contributed by atoms with Crippen molar-refractivity contribution in [1.82, 2.24) is 0 Å². The van der Waals surface area contributed by atoms with Gasteiger partial charge in [0.2, 0.25) is 11.3 Å². The Morgan fingerprint density at radius 1 is 0.789 bits per heavy atom. The lowest BCUT2D eigenvalue weighted by atomic mass is 9.76. The average molecular weight is 308 g/mol. The summed E-state index contributed by atoms with van der Waals surface area (Å²) in [7, 11) is 0. The molecule has 0 rings (SSSR count). The van der Waals surface area contributed by atoms with Gasteiger partial charge in [-0.15, -0.1) is 0 Å². The molecule has 0 aromatic rings. The molecule has 0 bridgehead atoms. The van der Waals surface area contributed by atoms with E-state index in [9.17, 15) is 43.9 Å². The van der Waals surface area contributed by atoms with E-state index in [2.05, 4.69) is 0 Å². The summed E-state index contributed by atoms with van der Waals surface area (Å²) in [6.45, 7) is -3.11. The zero-order valence-electron chi connectivity index (χ0n) is 9.69. The van der Waals surface area contributed by atoms with Crippen molar-refractivity contribution in [2.75, 3.05) is 6.67 Å². The number of alkyl halides is 10. The predicted octanol–water partition coefficient (Wildman–Crippen LogP) is 4.64. The van der Waals surface area contributed by atoms with Gasteiger partial charge in [0.05, 0.1) is 0 Å². The van der Waals surface area contributed by atoms with Crippen LogP contribution in [0.4, 0.5) is 43.9 Å². The Labute approximate surface area is 101 Å². The molecule has 0 saturated heterocycles. The highest BCUT2D eigenvalue weighted by Crippen LogP contribution is 2.57. The lowest BCUT2D eigenvalue weighted by molar-refractivity contribution is -0.363. The van der Waals surface area contributed by atoms with Crippen molar-refractivity contribution in [3.8, 4) is 0 Å². The maximum absolute atomic E-state index is 13.8. The summed E-state index contributed by atoms with van der Waals surface area (Å²) >= 11 is 0. The van der Waals surface area contributed by atoms with Crippen molar-refractivity contribution in [2.24, 2.45) is 0 Å². The van der Waals surface area contributed by atoms with Gasteiger partial charge in [-0.05, 0) is 13.3 Å². The molecule has 0 aliphatic carbocycles. The largest absolute Gasteiger partial charge is 0.456 e. The third-order valence-electron chi connectivity index (χ3n) is 2.94. The lowest BCUT2D eigenvalue weighted by Crippen LogP contribution is -2.69. The Morgan fingerprint density at radius 3 is 1.37 bits per heavy atom. The molecular weight excluding hydrogens is 298 g/mol. The van der Waals surface area contributed by atoms with E-state index in [1.54, 1.807) is 0 Å². The fourth-order valence-electron chi connectivity index (χ4n) is 1.49. The van der Waals surface area contributed by atoms with Crippen LogP contribution in [0.15, 0.2) is 0 Å². The summed E-state index contributed by atoms with van der Waals surface area (Å²) in [6, 6.07) is 0. The van der Waals surface area contributed by atoms with Crippen LogP contribution in [0.5, 0.6) is 0 Å². The second-order valence-corrected chi connectivity index (χ2v) is 4.07. The number of hydrogen-bond donors (Lipinski definition) is 0. The van der Waals surface area contributed by atoms with Gasteiger partial charge in [0, 0.05) is 0 Å². The van der Waals surface area contributed by atoms with Gasteiger partial charge < -0.3 is 0 Å². The van der Waals surface area contributed by atoms with E-state index in [0.29, 0.717) is 6.92 Å². The number of halogens is 10. The molecule has 0 aliphatic rings. The van der Waals surface area contributed by atoms with Crippen LogP contribution in [0.2, 0.25) is 0 Å². The molecule has 0 spiro atoms. The smallest absolute Gasteiger partial charge is 0.244 e. The van der Waals surface area contributed by atoms with Crippen molar-refractivity contribution in [2.45, 2.75) is 49.6 Å². The topological polar surface area (TPSA) is 0 Å². The highest BCUT2D eigenvalue weighted by molar-refractivity contribution is 5.14. The van der Waals surface area contributed by atoms with Crippen LogP contribution in [-0.4, -0.2) is 36.0 Å². The molecule has 0 amide bonds. The van der Waals surface area contributed by atoms with E-state index in [0.717, 1.165) is 0 Å². The fraction of sp³-hybridized carbons (Fsp3) is 1.00. The number of hydrogen-bond acceptors (Lipinski definition) is 0. The van der Waals surface area contributed by atoms with Crippen LogP contribution in [-0.2, 0) is 0 Å². The van der Waals surface area contributed by atoms with Gasteiger partial charge >= 0.3 is 18.0 Å². The molecule has 0 fully saturated rings. The Kier molecular flexibility index (Phi) is 4.52. The van der Waals surface area contributed by atoms with Gasteiger partial charge in [0.1, 0.15) is 0 Å². The van der Waals surface area contributed by atoms with Crippen molar-refractivity contribution >= 4 is 0 Å². The molecule has 0 radical (unpaired) electrons. The van der Waals surface area contributed by atoms with E-state index >= 15 is 0 Å². The highest BCUT2D eigenvalue weighted by atomic mass is 19.4. The van der Waals surface area contributed by atoms with Crippen molar-refractivity contribution in [1.29, 1.82) is 0 Å². The van der Waals surface area contributed by atoms with Crippen LogP contribution in [0.1, 0.15) is 20.3 Å². The molecule has 0 heterocycles. The molecule has 2 unspecified atom stereocenters. The molecule has 0 nitrogen and oxygen atoms in total. The minimum Gasteiger partial charge on any atom is -0.244 e. The van der Waals surface area contributed by atoms with E-state index in [1.807, 2.05) is 0 Å². The zero-order chi connectivity index (χ0) is 15.9. The first-order chi connectivity index (χ1) is 8.12. The van der Waals surface area contributed by atoms with Crippen LogP contribution in [0, 0.1) is 0 Å². The zero-order valence-corrected chi connectivity index (χ0v) is 9.69. The van der Waals surface area contributed by atoms with Crippen molar-refractivity contribution in [3.05, 3.63) is 0 Å². The summed E-state index contributed by atoms with van der Waals surface area (Å²) in [5, 5.41) is 0. The van der Waals surface area contributed by atoms with Crippen molar-refractivity contribution < 1.29 is 43.9 Å². The Morgan fingerprint density at radius 2 is 1.16 bits per heavy atom. The standard InChI is InChI=1S/C9H10F10/c1-3-6(12,8(15,16)9(17,18)19)5(2,11)7(13,14)4-10/h3-4H2,1-2H3. The Bertz CT molecular complexity index is 317. The van der Waals surface area contributed by atoms with Crippen LogP contribution >= 0.6 is 0 Å². The van der Waals surface area contributed by atoms with Gasteiger partial charge in [0.15, 0.2) is 6.67 Å². The summed E-state index contributed by atoms with van der Waals surface area (Å²) < 4.78 is 127. The minimum atomic E-state index is -6.60. The molecule has 116 valence electrons. The normalized spacial score (nSPS) is 20.8. The maximum atomic E-state index is 13.8. The first-order valence-electron chi connectivity index (χ1n) is 4.88. The third kappa shape index (κ3) is 2.37. The predicted molar refractivity (Wildman–Crippen MR) is 45.6 cm³/mol. The third-order valence-corrected chi connectivity index (χ3v) is 2.94. The van der Waals surface area contributed by atoms with E-state index in [-0.39, 0.29) is 0 Å². The van der Waals surface area contributed by atoms with E-state index < -0.39 is 49.4 Å². The second kappa shape index (κ2) is 4.69. The first-order valence-corrected chi connectivity index (χ1v) is 4.88. The Balaban J connectivity index is 6.03. The van der Waals surface area contributed by atoms with Gasteiger partial charge in [-0.1, -0.05) is 6.92 Å². The fourth-order valence-corrected chi connectivity index (χ4v) is 1.49. The average Bonchev–Trinajstić information content (AvgIpc) is 2.25. The molecular formula is C9H10F10. The van der Waals surface area contributed by atoms with Crippen molar-refractivity contribution in [3.63, 3.8) is 0 Å². The molecule has 19 heavy (non-hydrogen) atoms. The SMILES string of the molecule is CCC(F)(C(C)(F)C(F)(F)CF)C(F)(F)C(F)(F)F. The van der Waals surface area contributed by atoms with Gasteiger partial charge in [-0.2, -0.15) is 22.0 Å². The van der Waals surface area contributed by atoms with E-state index in [4.69, 9.17) is 0 Å². The number of rotatable bonds is 5. The molecule has 2 atom stereocenters. The summed E-state index contributed by atoms with van der Waals surface area (Å²) in [4.78, 5) is 0. The van der Waals surface area contributed by atoms with Crippen LogP contribution in [0.3, 0.4) is 0 Å². The molecule has 0 saturated carbocycles.